The van der Waals surface area contributed by atoms with Crippen molar-refractivity contribution < 1.29 is 28.7 Å². The first-order valence-electron chi connectivity index (χ1n) is 11.7. The molecule has 4 amide bonds. The van der Waals surface area contributed by atoms with Crippen LogP contribution >= 0.6 is 0 Å². The van der Waals surface area contributed by atoms with Crippen molar-refractivity contribution >= 4 is 41.0 Å². The van der Waals surface area contributed by atoms with Gasteiger partial charge in [-0.2, -0.15) is 0 Å². The second-order valence-corrected chi connectivity index (χ2v) is 8.82. The third-order valence-corrected chi connectivity index (χ3v) is 6.23. The molecule has 9 nitrogen and oxygen atoms in total. The molecular weight excluding hydrogens is 462 g/mol. The quantitative estimate of drug-likeness (QED) is 0.334. The Labute approximate surface area is 208 Å². The number of fused-ring (bicyclic) bond motifs is 1. The maximum Gasteiger partial charge on any atom is 0.330 e. The molecule has 1 saturated heterocycles. The number of carbonyl (C=O) groups excluding carboxylic acids is 5. The van der Waals surface area contributed by atoms with Crippen LogP contribution in [0.1, 0.15) is 25.3 Å². The first-order chi connectivity index (χ1) is 17.3. The summed E-state index contributed by atoms with van der Waals surface area (Å²) in [7, 11) is 0. The Bertz CT molecular complexity index is 1170. The van der Waals surface area contributed by atoms with Gasteiger partial charge in [0.25, 0.3) is 5.91 Å². The number of allylic oxidation sites excluding steroid dienone is 2. The lowest BCUT2D eigenvalue weighted by Gasteiger charge is -2.25. The third kappa shape index (κ3) is 5.68. The summed E-state index contributed by atoms with van der Waals surface area (Å²) in [6, 6.07) is 14.3. The van der Waals surface area contributed by atoms with E-state index in [2.05, 4.69) is 10.6 Å². The van der Waals surface area contributed by atoms with Gasteiger partial charge in [0.1, 0.15) is 6.04 Å². The lowest BCUT2D eigenvalue weighted by molar-refractivity contribution is -0.160. The molecule has 2 aromatic rings. The van der Waals surface area contributed by atoms with Crippen LogP contribution in [0.4, 0.5) is 11.4 Å². The van der Waals surface area contributed by atoms with Crippen molar-refractivity contribution in [3.63, 3.8) is 0 Å². The van der Waals surface area contributed by atoms with E-state index >= 15 is 0 Å². The Morgan fingerprint density at radius 3 is 2.00 bits per heavy atom. The van der Waals surface area contributed by atoms with Crippen LogP contribution in [0.25, 0.3) is 0 Å². The SMILES string of the molecule is CC(=O)Nc1ccc(NC(=O)COC(=O)[C@H](Cc2ccccc2)N2C(=O)[C@H]3CC=CC[C@@H]3C2=O)cc1. The van der Waals surface area contributed by atoms with Crippen molar-refractivity contribution in [3.8, 4) is 0 Å². The number of benzene rings is 2. The molecule has 0 bridgehead atoms. The molecule has 9 heteroatoms. The van der Waals surface area contributed by atoms with Gasteiger partial charge < -0.3 is 15.4 Å². The van der Waals surface area contributed by atoms with Crippen molar-refractivity contribution in [1.29, 1.82) is 0 Å². The van der Waals surface area contributed by atoms with Gasteiger partial charge in [-0.05, 0) is 42.7 Å². The summed E-state index contributed by atoms with van der Waals surface area (Å²) in [5, 5.41) is 5.23. The van der Waals surface area contributed by atoms with Gasteiger partial charge in [-0.25, -0.2) is 4.79 Å². The molecule has 36 heavy (non-hydrogen) atoms. The number of hydrogen-bond acceptors (Lipinski definition) is 6. The number of imide groups is 1. The number of nitrogens with one attached hydrogen (secondary N) is 2. The third-order valence-electron chi connectivity index (χ3n) is 6.23. The highest BCUT2D eigenvalue weighted by molar-refractivity contribution is 6.08. The normalized spacial score (nSPS) is 19.4. The van der Waals surface area contributed by atoms with E-state index in [1.54, 1.807) is 48.5 Å². The van der Waals surface area contributed by atoms with Crippen LogP contribution in [0.3, 0.4) is 0 Å². The summed E-state index contributed by atoms with van der Waals surface area (Å²) in [6.45, 7) is 0.811. The van der Waals surface area contributed by atoms with E-state index in [1.807, 2.05) is 18.2 Å². The first kappa shape index (κ1) is 24.8. The summed E-state index contributed by atoms with van der Waals surface area (Å²) in [4.78, 5) is 63.9. The van der Waals surface area contributed by atoms with Crippen molar-refractivity contribution in [1.82, 2.24) is 4.90 Å². The van der Waals surface area contributed by atoms with Gasteiger partial charge >= 0.3 is 5.97 Å². The van der Waals surface area contributed by atoms with Crippen LogP contribution in [0.15, 0.2) is 66.7 Å². The number of rotatable bonds is 8. The Morgan fingerprint density at radius 1 is 0.889 bits per heavy atom. The average Bonchev–Trinajstić information content (AvgIpc) is 3.12. The fraction of sp³-hybridized carbons (Fsp3) is 0.296. The molecule has 2 N–H and O–H groups in total. The number of hydrogen-bond donors (Lipinski definition) is 2. The van der Waals surface area contributed by atoms with E-state index in [-0.39, 0.29) is 24.1 Å². The smallest absolute Gasteiger partial charge is 0.330 e. The number of anilines is 2. The molecule has 0 unspecified atom stereocenters. The number of amides is 4. The van der Waals surface area contributed by atoms with E-state index < -0.39 is 36.4 Å². The minimum Gasteiger partial charge on any atom is -0.454 e. The van der Waals surface area contributed by atoms with Gasteiger partial charge in [0, 0.05) is 24.7 Å². The molecule has 1 aliphatic carbocycles. The second-order valence-electron chi connectivity index (χ2n) is 8.82. The Hall–Kier alpha value is -4.27. The predicted octanol–water partition coefficient (Wildman–Crippen LogP) is 2.69. The van der Waals surface area contributed by atoms with Gasteiger partial charge in [0.05, 0.1) is 11.8 Å². The van der Waals surface area contributed by atoms with Crippen molar-refractivity contribution in [2.24, 2.45) is 11.8 Å². The molecule has 1 heterocycles. The Balaban J connectivity index is 1.43. The standard InChI is InChI=1S/C27H27N3O6/c1-17(31)28-19-11-13-20(14-12-19)29-24(32)16-36-27(35)23(15-18-7-3-2-4-8-18)30-25(33)21-9-5-6-10-22(21)26(30)34/h2-8,11-14,21-23H,9-10,15-16H2,1H3,(H,28,31)(H,29,32)/t21-,22-,23-/m0/s1. The van der Waals surface area contributed by atoms with E-state index in [9.17, 15) is 24.0 Å². The summed E-state index contributed by atoms with van der Waals surface area (Å²) in [6.07, 6.45) is 4.78. The monoisotopic (exact) mass is 489 g/mol. The molecule has 2 aromatic carbocycles. The summed E-state index contributed by atoms with van der Waals surface area (Å²) in [5.74, 6) is -3.31. The summed E-state index contributed by atoms with van der Waals surface area (Å²) < 4.78 is 5.28. The van der Waals surface area contributed by atoms with Gasteiger partial charge in [0.15, 0.2) is 6.61 Å². The average molecular weight is 490 g/mol. The summed E-state index contributed by atoms with van der Waals surface area (Å²) >= 11 is 0. The van der Waals surface area contributed by atoms with Crippen molar-refractivity contribution in [3.05, 3.63) is 72.3 Å². The first-order valence-corrected chi connectivity index (χ1v) is 11.7. The van der Waals surface area contributed by atoms with Crippen molar-refractivity contribution in [2.45, 2.75) is 32.2 Å². The summed E-state index contributed by atoms with van der Waals surface area (Å²) in [5.41, 5.74) is 1.79. The van der Waals surface area contributed by atoms with Crippen molar-refractivity contribution in [2.75, 3.05) is 17.2 Å². The minimum absolute atomic E-state index is 0.0935. The number of ether oxygens (including phenoxy) is 1. The molecule has 186 valence electrons. The molecule has 0 saturated carbocycles. The Morgan fingerprint density at radius 2 is 1.44 bits per heavy atom. The number of likely N-dealkylation sites (tertiary alicyclic amines) is 1. The van der Waals surface area contributed by atoms with E-state index in [0.29, 0.717) is 24.2 Å². The maximum atomic E-state index is 13.1. The molecule has 2 aliphatic rings. The van der Waals surface area contributed by atoms with Gasteiger partial charge in [-0.1, -0.05) is 42.5 Å². The molecule has 4 rings (SSSR count). The molecule has 1 fully saturated rings. The molecule has 1 aliphatic heterocycles. The highest BCUT2D eigenvalue weighted by Gasteiger charge is 2.51. The lowest BCUT2D eigenvalue weighted by atomic mass is 9.85. The van der Waals surface area contributed by atoms with Crippen LogP contribution in [-0.2, 0) is 35.1 Å². The maximum absolute atomic E-state index is 13.1. The topological polar surface area (TPSA) is 122 Å². The van der Waals surface area contributed by atoms with Crippen LogP contribution in [0.2, 0.25) is 0 Å². The molecule has 0 radical (unpaired) electrons. The van der Waals surface area contributed by atoms with Crippen LogP contribution in [0.5, 0.6) is 0 Å². The number of esters is 1. The van der Waals surface area contributed by atoms with Crippen LogP contribution in [-0.4, -0.2) is 47.1 Å². The van der Waals surface area contributed by atoms with Gasteiger partial charge in [0.2, 0.25) is 17.7 Å². The number of nitrogens with zero attached hydrogens (tertiary/aromatic N) is 1. The fourth-order valence-corrected chi connectivity index (χ4v) is 4.52. The zero-order chi connectivity index (χ0) is 25.7. The Kier molecular flexibility index (Phi) is 7.58. The highest BCUT2D eigenvalue weighted by Crippen LogP contribution is 2.36. The van der Waals surface area contributed by atoms with E-state index in [0.717, 1.165) is 10.5 Å². The van der Waals surface area contributed by atoms with E-state index in [4.69, 9.17) is 4.74 Å². The zero-order valence-electron chi connectivity index (χ0n) is 19.8. The van der Waals surface area contributed by atoms with E-state index in [1.165, 1.54) is 6.92 Å². The fourth-order valence-electron chi connectivity index (χ4n) is 4.52. The minimum atomic E-state index is -1.16. The largest absolute Gasteiger partial charge is 0.454 e. The second kappa shape index (κ2) is 11.0. The van der Waals surface area contributed by atoms with Gasteiger partial charge in [-0.3, -0.25) is 24.1 Å². The molecule has 0 aromatic heterocycles. The molecular formula is C27H27N3O6. The van der Waals surface area contributed by atoms with Crippen LogP contribution in [0, 0.1) is 11.8 Å². The van der Waals surface area contributed by atoms with Gasteiger partial charge in [-0.15, -0.1) is 0 Å². The zero-order valence-corrected chi connectivity index (χ0v) is 19.8. The number of carbonyl (C=O) groups is 5. The highest BCUT2D eigenvalue weighted by atomic mass is 16.5. The van der Waals surface area contributed by atoms with Crippen LogP contribution < -0.4 is 10.6 Å². The lowest BCUT2D eigenvalue weighted by Crippen LogP contribution is -2.48. The molecule has 0 spiro atoms. The predicted molar refractivity (Wildman–Crippen MR) is 131 cm³/mol. The molecule has 3 atom stereocenters.